The molecule has 0 radical (unpaired) electrons. The lowest BCUT2D eigenvalue weighted by Crippen LogP contribution is -2.44. The number of nitrogens with zero attached hydrogens (tertiary/aromatic N) is 1. The molecule has 1 saturated heterocycles. The number of hydrogen-bond donors (Lipinski definition) is 2. The van der Waals surface area contributed by atoms with Crippen LogP contribution in [0.1, 0.15) is 60.0 Å². The molecule has 31 heavy (non-hydrogen) atoms. The van der Waals surface area contributed by atoms with Gasteiger partial charge in [0, 0.05) is 0 Å². The molecule has 1 heterocycles. The zero-order valence-electron chi connectivity index (χ0n) is 17.7. The molecule has 5 rings (SSSR count). The van der Waals surface area contributed by atoms with E-state index >= 15 is 0 Å². The van der Waals surface area contributed by atoms with Gasteiger partial charge in [0.25, 0.3) is 5.91 Å². The van der Waals surface area contributed by atoms with Crippen LogP contribution in [0.25, 0.3) is 0 Å². The first kappa shape index (κ1) is 19.8. The zero-order chi connectivity index (χ0) is 21.6. The van der Waals surface area contributed by atoms with Crippen molar-refractivity contribution in [2.75, 3.05) is 6.54 Å². The summed E-state index contributed by atoms with van der Waals surface area (Å²) in [5.41, 5.74) is 4.70. The van der Waals surface area contributed by atoms with Gasteiger partial charge in [0.05, 0.1) is 6.04 Å². The number of benzene rings is 2. The molecule has 1 fully saturated rings. The maximum Gasteiger partial charge on any atom is 0.325 e. The molecule has 4 amide bonds. The highest BCUT2D eigenvalue weighted by molar-refractivity contribution is 6.09. The average Bonchev–Trinajstić information content (AvgIpc) is 3.26. The van der Waals surface area contributed by atoms with Crippen molar-refractivity contribution in [1.82, 2.24) is 15.5 Å². The molecule has 160 valence electrons. The summed E-state index contributed by atoms with van der Waals surface area (Å²) < 4.78 is 0. The minimum Gasteiger partial charge on any atom is -0.348 e. The van der Waals surface area contributed by atoms with Crippen LogP contribution in [-0.2, 0) is 34.4 Å². The summed E-state index contributed by atoms with van der Waals surface area (Å²) in [6.45, 7) is 1.66. The van der Waals surface area contributed by atoms with Crippen molar-refractivity contribution < 1.29 is 14.4 Å². The summed E-state index contributed by atoms with van der Waals surface area (Å²) in [5.74, 6) is -0.670. The number of imide groups is 1. The van der Waals surface area contributed by atoms with Gasteiger partial charge >= 0.3 is 6.03 Å². The molecule has 6 nitrogen and oxygen atoms in total. The van der Waals surface area contributed by atoms with E-state index < -0.39 is 11.6 Å². The van der Waals surface area contributed by atoms with Crippen LogP contribution in [0.5, 0.6) is 0 Å². The van der Waals surface area contributed by atoms with E-state index in [0.29, 0.717) is 6.42 Å². The molecule has 1 spiro atoms. The van der Waals surface area contributed by atoms with Crippen LogP contribution in [-0.4, -0.2) is 29.3 Å². The molecule has 0 bridgehead atoms. The molecular weight excluding hydrogens is 390 g/mol. The monoisotopic (exact) mass is 417 g/mol. The Hall–Kier alpha value is -3.15. The molecule has 2 aromatic rings. The predicted molar refractivity (Wildman–Crippen MR) is 116 cm³/mol. The third-order valence-electron chi connectivity index (χ3n) is 6.97. The Morgan fingerprint density at radius 3 is 2.68 bits per heavy atom. The molecular formula is C25H27N3O3. The first-order valence-corrected chi connectivity index (χ1v) is 11.1. The number of carbonyl (C=O) groups is 3. The van der Waals surface area contributed by atoms with Crippen molar-refractivity contribution in [3.63, 3.8) is 0 Å². The van der Waals surface area contributed by atoms with Crippen LogP contribution in [0.3, 0.4) is 0 Å². The van der Waals surface area contributed by atoms with Crippen molar-refractivity contribution in [3.05, 3.63) is 70.3 Å². The van der Waals surface area contributed by atoms with Gasteiger partial charge in [0.1, 0.15) is 12.1 Å². The molecule has 2 aliphatic carbocycles. The molecule has 2 atom stereocenters. The van der Waals surface area contributed by atoms with Gasteiger partial charge < -0.3 is 10.6 Å². The van der Waals surface area contributed by atoms with Crippen LogP contribution < -0.4 is 10.6 Å². The van der Waals surface area contributed by atoms with Crippen molar-refractivity contribution in [1.29, 1.82) is 0 Å². The van der Waals surface area contributed by atoms with E-state index in [2.05, 4.69) is 28.8 Å². The van der Waals surface area contributed by atoms with Gasteiger partial charge in [-0.15, -0.1) is 0 Å². The Balaban J connectivity index is 1.28. The summed E-state index contributed by atoms with van der Waals surface area (Å²) in [6.07, 6.45) is 5.90. The van der Waals surface area contributed by atoms with Crippen molar-refractivity contribution in [2.24, 2.45) is 0 Å². The van der Waals surface area contributed by atoms with Gasteiger partial charge in [-0.25, -0.2) is 4.79 Å². The highest BCUT2D eigenvalue weighted by atomic mass is 16.2. The standard InChI is InChI=1S/C25H27N3O3/c1-16(19-11-10-17-6-2-3-8-20(17)14-19)26-22(29)15-28-23(30)25(27-24(28)31)13-12-18-7-4-5-9-21(18)25/h4-5,7,9-11,14,16H,2-3,6,8,12-13,15H2,1H3,(H,26,29)(H,27,31)/t16-,25-/m0/s1. The minimum atomic E-state index is -1.03. The maximum absolute atomic E-state index is 13.2. The smallest absolute Gasteiger partial charge is 0.325 e. The van der Waals surface area contributed by atoms with Gasteiger partial charge in [-0.1, -0.05) is 42.5 Å². The first-order chi connectivity index (χ1) is 15.0. The Morgan fingerprint density at radius 1 is 1.06 bits per heavy atom. The molecule has 0 saturated carbocycles. The topological polar surface area (TPSA) is 78.5 Å². The van der Waals surface area contributed by atoms with E-state index in [1.165, 1.54) is 24.0 Å². The van der Waals surface area contributed by atoms with Gasteiger partial charge in [-0.2, -0.15) is 0 Å². The van der Waals surface area contributed by atoms with E-state index in [-0.39, 0.29) is 24.4 Å². The number of aryl methyl sites for hydroxylation is 3. The Kier molecular flexibility index (Phi) is 4.80. The molecule has 6 heteroatoms. The number of hydrogen-bond acceptors (Lipinski definition) is 3. The third-order valence-corrected chi connectivity index (χ3v) is 6.97. The third kappa shape index (κ3) is 3.30. The summed E-state index contributed by atoms with van der Waals surface area (Å²) in [6, 6.07) is 13.4. The average molecular weight is 418 g/mol. The normalized spacial score (nSPS) is 22.8. The summed E-state index contributed by atoms with van der Waals surface area (Å²) >= 11 is 0. The van der Waals surface area contributed by atoms with Crippen LogP contribution >= 0.6 is 0 Å². The molecule has 1 aliphatic heterocycles. The van der Waals surface area contributed by atoms with Crippen molar-refractivity contribution >= 4 is 17.8 Å². The quantitative estimate of drug-likeness (QED) is 0.751. The molecule has 2 aromatic carbocycles. The number of rotatable bonds is 4. The van der Waals surface area contributed by atoms with Crippen LogP contribution in [0.4, 0.5) is 4.79 Å². The SMILES string of the molecule is C[C@H](NC(=O)CN1C(=O)N[C@]2(CCc3ccccc32)C1=O)c1ccc2c(c1)CCCC2. The van der Waals surface area contributed by atoms with Gasteiger partial charge in [0.2, 0.25) is 5.91 Å². The second kappa shape index (κ2) is 7.52. The van der Waals surface area contributed by atoms with Gasteiger partial charge in [-0.3, -0.25) is 14.5 Å². The lowest BCUT2D eigenvalue weighted by molar-refractivity contribution is -0.135. The largest absolute Gasteiger partial charge is 0.348 e. The lowest BCUT2D eigenvalue weighted by Gasteiger charge is -2.23. The number of nitrogens with one attached hydrogen (secondary N) is 2. The van der Waals surface area contributed by atoms with Crippen LogP contribution in [0, 0.1) is 0 Å². The van der Waals surface area contributed by atoms with E-state index in [4.69, 9.17) is 0 Å². The fourth-order valence-corrected chi connectivity index (χ4v) is 5.27. The van der Waals surface area contributed by atoms with Crippen LogP contribution in [0.2, 0.25) is 0 Å². The fourth-order valence-electron chi connectivity index (χ4n) is 5.27. The summed E-state index contributed by atoms with van der Waals surface area (Å²) in [5, 5.41) is 5.82. The Morgan fingerprint density at radius 2 is 1.84 bits per heavy atom. The first-order valence-electron chi connectivity index (χ1n) is 11.1. The van der Waals surface area contributed by atoms with E-state index in [1.807, 2.05) is 31.2 Å². The number of carbonyl (C=O) groups excluding carboxylic acids is 3. The number of fused-ring (bicyclic) bond motifs is 3. The summed E-state index contributed by atoms with van der Waals surface area (Å²) in [7, 11) is 0. The number of urea groups is 1. The maximum atomic E-state index is 13.2. The van der Waals surface area contributed by atoms with Crippen molar-refractivity contribution in [3.8, 4) is 0 Å². The fraction of sp³-hybridized carbons (Fsp3) is 0.400. The van der Waals surface area contributed by atoms with E-state index in [9.17, 15) is 14.4 Å². The Bertz CT molecular complexity index is 1080. The highest BCUT2D eigenvalue weighted by Gasteiger charge is 2.55. The van der Waals surface area contributed by atoms with Crippen molar-refractivity contribution in [2.45, 2.75) is 57.0 Å². The van der Waals surface area contributed by atoms with E-state index in [1.54, 1.807) is 0 Å². The van der Waals surface area contributed by atoms with Gasteiger partial charge in [0.15, 0.2) is 0 Å². The molecule has 2 N–H and O–H groups in total. The Labute approximate surface area is 182 Å². The predicted octanol–water partition coefficient (Wildman–Crippen LogP) is 3.14. The molecule has 0 aromatic heterocycles. The summed E-state index contributed by atoms with van der Waals surface area (Å²) in [4.78, 5) is 39.6. The lowest BCUT2D eigenvalue weighted by atomic mass is 9.89. The molecule has 0 unspecified atom stereocenters. The van der Waals surface area contributed by atoms with E-state index in [0.717, 1.165) is 40.9 Å². The molecule has 3 aliphatic rings. The van der Waals surface area contributed by atoms with Gasteiger partial charge in [-0.05, 0) is 73.3 Å². The number of amides is 4. The highest BCUT2D eigenvalue weighted by Crippen LogP contribution is 2.41. The zero-order valence-corrected chi connectivity index (χ0v) is 17.7. The second-order valence-electron chi connectivity index (χ2n) is 8.91. The second-order valence-corrected chi connectivity index (χ2v) is 8.91. The van der Waals surface area contributed by atoms with Crippen LogP contribution in [0.15, 0.2) is 42.5 Å². The minimum absolute atomic E-state index is 0.193.